The number of carbonyl (C=O) groups is 1. The van der Waals surface area contributed by atoms with E-state index in [1.54, 1.807) is 19.2 Å². The van der Waals surface area contributed by atoms with E-state index < -0.39 is 4.92 Å². The number of anilines is 1. The van der Waals surface area contributed by atoms with E-state index in [9.17, 15) is 14.9 Å². The Kier molecular flexibility index (Phi) is 5.89. The number of ether oxygens (including phenoxy) is 1. The fraction of sp³-hybridized carbons (Fsp3) is 0.278. The van der Waals surface area contributed by atoms with E-state index in [-0.39, 0.29) is 11.6 Å². The summed E-state index contributed by atoms with van der Waals surface area (Å²) in [7, 11) is 1.64. The largest absolute Gasteiger partial charge is 0.496 e. The SMILES string of the molecule is COc1ccc(CCCC(=O)Nc2cccc([N+](=O)[O-])c2)cc1C. The van der Waals surface area contributed by atoms with E-state index >= 15 is 0 Å². The second-order valence-corrected chi connectivity index (χ2v) is 5.51. The molecule has 0 aliphatic carbocycles. The van der Waals surface area contributed by atoms with Crippen molar-refractivity contribution in [3.05, 3.63) is 63.7 Å². The van der Waals surface area contributed by atoms with Crippen LogP contribution in [-0.2, 0) is 11.2 Å². The van der Waals surface area contributed by atoms with Gasteiger partial charge in [0.15, 0.2) is 0 Å². The number of rotatable bonds is 7. The highest BCUT2D eigenvalue weighted by atomic mass is 16.6. The molecule has 0 bridgehead atoms. The van der Waals surface area contributed by atoms with E-state index in [1.165, 1.54) is 12.1 Å². The highest BCUT2D eigenvalue weighted by Gasteiger charge is 2.08. The van der Waals surface area contributed by atoms with Gasteiger partial charge in [0.1, 0.15) is 5.75 Å². The van der Waals surface area contributed by atoms with Crippen molar-refractivity contribution in [2.75, 3.05) is 12.4 Å². The van der Waals surface area contributed by atoms with Crippen LogP contribution in [0.2, 0.25) is 0 Å². The van der Waals surface area contributed by atoms with Crippen LogP contribution in [0.4, 0.5) is 11.4 Å². The van der Waals surface area contributed by atoms with Crippen LogP contribution in [0.5, 0.6) is 5.75 Å². The van der Waals surface area contributed by atoms with Crippen molar-refractivity contribution in [1.82, 2.24) is 0 Å². The molecule has 0 atom stereocenters. The second-order valence-electron chi connectivity index (χ2n) is 5.51. The maximum atomic E-state index is 12.0. The standard InChI is InChI=1S/C18H20N2O4/c1-13-11-14(9-10-17(13)24-2)5-3-8-18(21)19-15-6-4-7-16(12-15)20(22)23/h4,6-7,9-12H,3,5,8H2,1-2H3,(H,19,21). The molecule has 126 valence electrons. The molecule has 2 aromatic rings. The molecule has 0 spiro atoms. The molecule has 0 fully saturated rings. The summed E-state index contributed by atoms with van der Waals surface area (Å²) in [6.45, 7) is 1.98. The van der Waals surface area contributed by atoms with Crippen LogP contribution in [0.15, 0.2) is 42.5 Å². The van der Waals surface area contributed by atoms with Gasteiger partial charge < -0.3 is 10.1 Å². The van der Waals surface area contributed by atoms with Gasteiger partial charge in [0.25, 0.3) is 5.69 Å². The summed E-state index contributed by atoms with van der Waals surface area (Å²) in [6.07, 6.45) is 1.84. The molecule has 0 saturated carbocycles. The van der Waals surface area contributed by atoms with Crippen LogP contribution < -0.4 is 10.1 Å². The quantitative estimate of drug-likeness (QED) is 0.618. The van der Waals surface area contributed by atoms with E-state index in [0.29, 0.717) is 18.5 Å². The number of hydrogen-bond acceptors (Lipinski definition) is 4. The Balaban J connectivity index is 1.84. The first-order valence-corrected chi connectivity index (χ1v) is 7.67. The summed E-state index contributed by atoms with van der Waals surface area (Å²) in [5.74, 6) is 0.697. The number of carbonyl (C=O) groups excluding carboxylic acids is 1. The molecular formula is C18H20N2O4. The predicted octanol–water partition coefficient (Wildman–Crippen LogP) is 3.87. The van der Waals surface area contributed by atoms with Gasteiger partial charge in [-0.25, -0.2) is 0 Å². The summed E-state index contributed by atoms with van der Waals surface area (Å²) in [6, 6.07) is 11.9. The normalized spacial score (nSPS) is 10.2. The van der Waals surface area contributed by atoms with Crippen molar-refractivity contribution in [1.29, 1.82) is 0 Å². The van der Waals surface area contributed by atoms with Crippen LogP contribution in [0, 0.1) is 17.0 Å². The maximum absolute atomic E-state index is 12.0. The minimum atomic E-state index is -0.484. The zero-order valence-corrected chi connectivity index (χ0v) is 13.7. The van der Waals surface area contributed by atoms with Crippen molar-refractivity contribution in [2.24, 2.45) is 0 Å². The maximum Gasteiger partial charge on any atom is 0.271 e. The van der Waals surface area contributed by atoms with Gasteiger partial charge in [0.2, 0.25) is 5.91 Å². The smallest absolute Gasteiger partial charge is 0.271 e. The van der Waals surface area contributed by atoms with Gasteiger partial charge >= 0.3 is 0 Å². The van der Waals surface area contributed by atoms with Crippen molar-refractivity contribution in [2.45, 2.75) is 26.2 Å². The molecule has 6 nitrogen and oxygen atoms in total. The Morgan fingerprint density at radius 3 is 2.71 bits per heavy atom. The predicted molar refractivity (Wildman–Crippen MR) is 92.4 cm³/mol. The summed E-state index contributed by atoms with van der Waals surface area (Å²) in [5.41, 5.74) is 2.61. The fourth-order valence-corrected chi connectivity index (χ4v) is 2.47. The average molecular weight is 328 g/mol. The molecule has 24 heavy (non-hydrogen) atoms. The highest BCUT2D eigenvalue weighted by Crippen LogP contribution is 2.20. The number of nitrogens with zero attached hydrogens (tertiary/aromatic N) is 1. The Hall–Kier alpha value is -2.89. The van der Waals surface area contributed by atoms with E-state index in [4.69, 9.17) is 4.74 Å². The first-order valence-electron chi connectivity index (χ1n) is 7.67. The van der Waals surface area contributed by atoms with Gasteiger partial charge in [-0.2, -0.15) is 0 Å². The van der Waals surface area contributed by atoms with E-state index in [1.807, 2.05) is 19.1 Å². The minimum absolute atomic E-state index is 0.0403. The van der Waals surface area contributed by atoms with Crippen molar-refractivity contribution < 1.29 is 14.5 Å². The molecule has 1 amide bonds. The summed E-state index contributed by atoms with van der Waals surface area (Å²) in [4.78, 5) is 22.2. The Morgan fingerprint density at radius 1 is 1.25 bits per heavy atom. The Morgan fingerprint density at radius 2 is 2.04 bits per heavy atom. The first kappa shape index (κ1) is 17.5. The molecular weight excluding hydrogens is 308 g/mol. The average Bonchev–Trinajstić information content (AvgIpc) is 2.55. The number of non-ortho nitro benzene ring substituents is 1. The molecule has 6 heteroatoms. The van der Waals surface area contributed by atoms with Crippen molar-refractivity contribution in [3.8, 4) is 5.75 Å². The fourth-order valence-electron chi connectivity index (χ4n) is 2.47. The van der Waals surface area contributed by atoms with Crippen LogP contribution in [0.1, 0.15) is 24.0 Å². The molecule has 2 rings (SSSR count). The third kappa shape index (κ3) is 4.81. The third-order valence-electron chi connectivity index (χ3n) is 3.67. The number of nitro benzene ring substituents is 1. The van der Waals surface area contributed by atoms with E-state index in [2.05, 4.69) is 11.4 Å². The topological polar surface area (TPSA) is 81.5 Å². The first-order chi connectivity index (χ1) is 11.5. The lowest BCUT2D eigenvalue weighted by Crippen LogP contribution is -2.11. The Bertz CT molecular complexity index is 744. The number of nitro groups is 1. The van der Waals surface area contributed by atoms with Gasteiger partial charge in [-0.1, -0.05) is 18.2 Å². The number of amides is 1. The molecule has 1 N–H and O–H groups in total. The monoisotopic (exact) mass is 328 g/mol. The highest BCUT2D eigenvalue weighted by molar-refractivity contribution is 5.90. The lowest BCUT2D eigenvalue weighted by Gasteiger charge is -2.08. The van der Waals surface area contributed by atoms with Crippen LogP contribution in [0.25, 0.3) is 0 Å². The van der Waals surface area contributed by atoms with Gasteiger partial charge in [-0.15, -0.1) is 0 Å². The van der Waals surface area contributed by atoms with Gasteiger partial charge in [0.05, 0.1) is 12.0 Å². The van der Waals surface area contributed by atoms with Crippen LogP contribution >= 0.6 is 0 Å². The number of nitrogens with one attached hydrogen (secondary N) is 1. The zero-order chi connectivity index (χ0) is 17.5. The summed E-state index contributed by atoms with van der Waals surface area (Å²) in [5, 5.41) is 13.4. The molecule has 0 aliphatic rings. The zero-order valence-electron chi connectivity index (χ0n) is 13.7. The number of aryl methyl sites for hydroxylation is 2. The molecule has 0 saturated heterocycles. The van der Waals surface area contributed by atoms with Gasteiger partial charge in [-0.05, 0) is 43.0 Å². The van der Waals surface area contributed by atoms with Gasteiger partial charge in [0, 0.05) is 24.2 Å². The van der Waals surface area contributed by atoms with Gasteiger partial charge in [-0.3, -0.25) is 14.9 Å². The summed E-state index contributed by atoms with van der Waals surface area (Å²) < 4.78 is 5.22. The van der Waals surface area contributed by atoms with Crippen LogP contribution in [0.3, 0.4) is 0 Å². The molecule has 0 aromatic heterocycles. The lowest BCUT2D eigenvalue weighted by atomic mass is 10.0. The molecule has 0 unspecified atom stereocenters. The minimum Gasteiger partial charge on any atom is -0.496 e. The van der Waals surface area contributed by atoms with Crippen LogP contribution in [-0.4, -0.2) is 17.9 Å². The molecule has 2 aromatic carbocycles. The van der Waals surface area contributed by atoms with Crippen molar-refractivity contribution in [3.63, 3.8) is 0 Å². The molecule has 0 heterocycles. The summed E-state index contributed by atoms with van der Waals surface area (Å²) >= 11 is 0. The molecule has 0 aliphatic heterocycles. The number of hydrogen-bond donors (Lipinski definition) is 1. The van der Waals surface area contributed by atoms with Crippen molar-refractivity contribution >= 4 is 17.3 Å². The lowest BCUT2D eigenvalue weighted by molar-refractivity contribution is -0.384. The second kappa shape index (κ2) is 8.10. The number of benzene rings is 2. The van der Waals surface area contributed by atoms with E-state index in [0.717, 1.165) is 23.3 Å². The Labute approximate surface area is 140 Å². The number of methoxy groups -OCH3 is 1. The molecule has 0 radical (unpaired) electrons. The third-order valence-corrected chi connectivity index (χ3v) is 3.67.